The molecule has 1 atom stereocenters. The van der Waals surface area contributed by atoms with Crippen LogP contribution in [-0.2, 0) is 10.2 Å². The molecule has 0 bridgehead atoms. The Morgan fingerprint density at radius 2 is 1.95 bits per heavy atom. The van der Waals surface area contributed by atoms with E-state index < -0.39 is 0 Å². The zero-order chi connectivity index (χ0) is 14.9. The molecule has 21 heavy (non-hydrogen) atoms. The van der Waals surface area contributed by atoms with Crippen LogP contribution < -0.4 is 11.1 Å². The van der Waals surface area contributed by atoms with E-state index in [1.54, 1.807) is 6.20 Å². The van der Waals surface area contributed by atoms with Gasteiger partial charge in [-0.05, 0) is 49.6 Å². The topological polar surface area (TPSA) is 68.0 Å². The number of nitrogens with zero attached hydrogens (tertiary/aromatic N) is 1. The second-order valence-corrected chi connectivity index (χ2v) is 5.65. The highest BCUT2D eigenvalue weighted by atomic mass is 16.2. The number of nitrogens with two attached hydrogens (primary N) is 1. The number of nitrogens with one attached hydrogen (secondary N) is 1. The minimum absolute atomic E-state index is 0.0745. The average molecular weight is 281 g/mol. The van der Waals surface area contributed by atoms with Crippen molar-refractivity contribution < 1.29 is 4.79 Å². The van der Waals surface area contributed by atoms with E-state index in [1.165, 1.54) is 0 Å². The number of hydrogen-bond acceptors (Lipinski definition) is 3. The summed E-state index contributed by atoms with van der Waals surface area (Å²) >= 11 is 0. The van der Waals surface area contributed by atoms with Crippen molar-refractivity contribution in [3.05, 3.63) is 59.9 Å². The zero-order valence-corrected chi connectivity index (χ0v) is 12.0. The second kappa shape index (κ2) is 5.20. The smallest absolute Gasteiger partial charge is 0.231 e. The van der Waals surface area contributed by atoms with Crippen molar-refractivity contribution in [2.75, 3.05) is 5.73 Å². The van der Waals surface area contributed by atoms with Crippen molar-refractivity contribution >= 4 is 11.6 Å². The molecule has 108 valence electrons. The van der Waals surface area contributed by atoms with Gasteiger partial charge in [-0.2, -0.15) is 0 Å². The summed E-state index contributed by atoms with van der Waals surface area (Å²) < 4.78 is 0. The molecule has 1 aromatic heterocycles. The molecule has 4 heteroatoms. The summed E-state index contributed by atoms with van der Waals surface area (Å²) in [6.45, 7) is 1.96. The van der Waals surface area contributed by atoms with E-state index in [2.05, 4.69) is 10.3 Å². The predicted molar refractivity (Wildman–Crippen MR) is 82.6 cm³/mol. The number of carbonyl (C=O) groups is 1. The van der Waals surface area contributed by atoms with Crippen LogP contribution in [0.2, 0.25) is 0 Å². The number of aromatic nitrogens is 1. The maximum absolute atomic E-state index is 12.6. The number of amides is 1. The Morgan fingerprint density at radius 3 is 2.52 bits per heavy atom. The molecule has 1 aliphatic carbocycles. The zero-order valence-electron chi connectivity index (χ0n) is 12.0. The van der Waals surface area contributed by atoms with Crippen molar-refractivity contribution in [2.24, 2.45) is 0 Å². The minimum Gasteiger partial charge on any atom is -0.399 e. The standard InChI is InChI=1S/C17H19N3O/c1-12(15-4-2-3-11-19-15)20-16(21)17(9-10-17)13-5-7-14(18)8-6-13/h2-8,11-12H,9-10,18H2,1H3,(H,20,21). The van der Waals surface area contributed by atoms with Gasteiger partial charge in [-0.3, -0.25) is 9.78 Å². The molecule has 1 unspecified atom stereocenters. The Balaban J connectivity index is 1.75. The second-order valence-electron chi connectivity index (χ2n) is 5.65. The highest BCUT2D eigenvalue weighted by molar-refractivity contribution is 5.91. The number of nitrogen functional groups attached to an aromatic ring is 1. The number of benzene rings is 1. The fourth-order valence-electron chi connectivity index (χ4n) is 2.61. The number of pyridine rings is 1. The summed E-state index contributed by atoms with van der Waals surface area (Å²) in [7, 11) is 0. The Morgan fingerprint density at radius 1 is 1.24 bits per heavy atom. The summed E-state index contributed by atoms with van der Waals surface area (Å²) in [5.74, 6) is 0.0745. The lowest BCUT2D eigenvalue weighted by Gasteiger charge is -2.20. The van der Waals surface area contributed by atoms with Crippen molar-refractivity contribution in [1.29, 1.82) is 0 Å². The van der Waals surface area contributed by atoms with Gasteiger partial charge in [0.2, 0.25) is 5.91 Å². The van der Waals surface area contributed by atoms with Crippen LogP contribution in [0.25, 0.3) is 0 Å². The van der Waals surface area contributed by atoms with Crippen molar-refractivity contribution in [3.8, 4) is 0 Å². The fraction of sp³-hybridized carbons (Fsp3) is 0.294. The third-order valence-corrected chi connectivity index (χ3v) is 4.13. The van der Waals surface area contributed by atoms with Crippen LogP contribution in [-0.4, -0.2) is 10.9 Å². The first-order valence-electron chi connectivity index (χ1n) is 7.20. The Labute approximate surface area is 124 Å². The van der Waals surface area contributed by atoms with Crippen LogP contribution in [0, 0.1) is 0 Å². The van der Waals surface area contributed by atoms with Crippen molar-refractivity contribution in [2.45, 2.75) is 31.2 Å². The third kappa shape index (κ3) is 2.61. The molecule has 2 aromatic rings. The van der Waals surface area contributed by atoms with Gasteiger partial charge >= 0.3 is 0 Å². The van der Waals surface area contributed by atoms with Gasteiger partial charge in [-0.15, -0.1) is 0 Å². The van der Waals surface area contributed by atoms with E-state index in [1.807, 2.05) is 49.4 Å². The van der Waals surface area contributed by atoms with E-state index in [0.29, 0.717) is 0 Å². The van der Waals surface area contributed by atoms with Crippen molar-refractivity contribution in [1.82, 2.24) is 10.3 Å². The van der Waals surface area contributed by atoms with Crippen LogP contribution in [0.1, 0.15) is 37.1 Å². The van der Waals surface area contributed by atoms with Gasteiger partial charge in [0.05, 0.1) is 17.2 Å². The van der Waals surface area contributed by atoms with Gasteiger partial charge in [0.25, 0.3) is 0 Å². The van der Waals surface area contributed by atoms with E-state index in [4.69, 9.17) is 5.73 Å². The quantitative estimate of drug-likeness (QED) is 0.846. The average Bonchev–Trinajstić information content (AvgIpc) is 3.30. The van der Waals surface area contributed by atoms with E-state index in [-0.39, 0.29) is 17.4 Å². The minimum atomic E-state index is -0.378. The van der Waals surface area contributed by atoms with Crippen molar-refractivity contribution in [3.63, 3.8) is 0 Å². The molecule has 1 aromatic carbocycles. The first-order valence-corrected chi connectivity index (χ1v) is 7.20. The Hall–Kier alpha value is -2.36. The summed E-state index contributed by atoms with van der Waals surface area (Å²) in [6.07, 6.45) is 3.51. The summed E-state index contributed by atoms with van der Waals surface area (Å²) in [6, 6.07) is 13.2. The van der Waals surface area contributed by atoms with E-state index in [0.717, 1.165) is 29.8 Å². The monoisotopic (exact) mass is 281 g/mol. The molecule has 0 radical (unpaired) electrons. The fourth-order valence-corrected chi connectivity index (χ4v) is 2.61. The van der Waals surface area contributed by atoms with Crippen LogP contribution in [0.3, 0.4) is 0 Å². The van der Waals surface area contributed by atoms with Crippen LogP contribution in [0.5, 0.6) is 0 Å². The normalized spacial score (nSPS) is 17.0. The van der Waals surface area contributed by atoms with Crippen LogP contribution in [0.4, 0.5) is 5.69 Å². The molecule has 3 N–H and O–H groups in total. The molecule has 3 rings (SSSR count). The lowest BCUT2D eigenvalue weighted by Crippen LogP contribution is -2.36. The maximum atomic E-state index is 12.6. The third-order valence-electron chi connectivity index (χ3n) is 4.13. The van der Waals surface area contributed by atoms with Gasteiger partial charge in [0, 0.05) is 11.9 Å². The van der Waals surface area contributed by atoms with Gasteiger partial charge in [-0.25, -0.2) is 0 Å². The van der Waals surface area contributed by atoms with E-state index in [9.17, 15) is 4.79 Å². The number of rotatable bonds is 4. The van der Waals surface area contributed by atoms with Crippen LogP contribution >= 0.6 is 0 Å². The summed E-state index contributed by atoms with van der Waals surface area (Å²) in [5, 5.41) is 3.08. The van der Waals surface area contributed by atoms with Gasteiger partial charge in [-0.1, -0.05) is 18.2 Å². The molecular formula is C17H19N3O. The molecular weight excluding hydrogens is 262 g/mol. The molecule has 0 saturated heterocycles. The SMILES string of the molecule is CC(NC(=O)C1(c2ccc(N)cc2)CC1)c1ccccn1. The number of carbonyl (C=O) groups excluding carboxylic acids is 1. The molecule has 1 heterocycles. The number of hydrogen-bond donors (Lipinski definition) is 2. The highest BCUT2D eigenvalue weighted by Crippen LogP contribution is 2.48. The highest BCUT2D eigenvalue weighted by Gasteiger charge is 2.51. The van der Waals surface area contributed by atoms with E-state index >= 15 is 0 Å². The predicted octanol–water partition coefficient (Wildman–Crippen LogP) is 2.57. The first kappa shape index (κ1) is 13.6. The lowest BCUT2D eigenvalue weighted by atomic mass is 9.94. The van der Waals surface area contributed by atoms with Gasteiger partial charge in [0.1, 0.15) is 0 Å². The molecule has 1 saturated carbocycles. The molecule has 0 aliphatic heterocycles. The first-order chi connectivity index (χ1) is 10.1. The molecule has 1 aliphatic rings. The number of anilines is 1. The largest absolute Gasteiger partial charge is 0.399 e. The Bertz CT molecular complexity index is 633. The maximum Gasteiger partial charge on any atom is 0.231 e. The lowest BCUT2D eigenvalue weighted by molar-refractivity contribution is -0.124. The van der Waals surface area contributed by atoms with Crippen LogP contribution in [0.15, 0.2) is 48.7 Å². The van der Waals surface area contributed by atoms with Gasteiger partial charge in [0.15, 0.2) is 0 Å². The van der Waals surface area contributed by atoms with Gasteiger partial charge < -0.3 is 11.1 Å². The molecule has 0 spiro atoms. The molecule has 1 fully saturated rings. The summed E-state index contributed by atoms with van der Waals surface area (Å²) in [5.41, 5.74) is 7.97. The Kier molecular flexibility index (Phi) is 3.37. The molecule has 4 nitrogen and oxygen atoms in total. The summed E-state index contributed by atoms with van der Waals surface area (Å²) in [4.78, 5) is 16.9. The molecule has 1 amide bonds.